The Morgan fingerprint density at radius 1 is 1.33 bits per heavy atom. The lowest BCUT2D eigenvalue weighted by atomic mass is 9.69. The van der Waals surface area contributed by atoms with Gasteiger partial charge in [0.25, 0.3) is 0 Å². The molecule has 0 saturated heterocycles. The Labute approximate surface area is 127 Å². The van der Waals surface area contributed by atoms with E-state index >= 15 is 0 Å². The zero-order valence-electron chi connectivity index (χ0n) is 13.9. The fourth-order valence-electron chi connectivity index (χ4n) is 3.46. The molecule has 3 nitrogen and oxygen atoms in total. The van der Waals surface area contributed by atoms with E-state index in [1.54, 1.807) is 6.07 Å². The van der Waals surface area contributed by atoms with Crippen molar-refractivity contribution in [1.29, 1.82) is 0 Å². The number of ether oxygens (including phenoxy) is 1. The summed E-state index contributed by atoms with van der Waals surface area (Å²) in [7, 11) is 0. The highest BCUT2D eigenvalue weighted by atomic mass is 16.5. The van der Waals surface area contributed by atoms with Crippen molar-refractivity contribution < 1.29 is 14.6 Å². The third kappa shape index (κ3) is 2.54. The summed E-state index contributed by atoms with van der Waals surface area (Å²) >= 11 is 0. The van der Waals surface area contributed by atoms with E-state index in [1.807, 2.05) is 13.0 Å². The lowest BCUT2D eigenvalue weighted by Gasteiger charge is -2.47. The van der Waals surface area contributed by atoms with Gasteiger partial charge in [0, 0.05) is 11.5 Å². The minimum Gasteiger partial charge on any atom is -0.486 e. The van der Waals surface area contributed by atoms with Crippen LogP contribution >= 0.6 is 0 Å². The van der Waals surface area contributed by atoms with Crippen LogP contribution in [0.15, 0.2) is 12.1 Å². The number of benzene rings is 1. The molecule has 0 spiro atoms. The molecule has 0 bridgehead atoms. The van der Waals surface area contributed by atoms with Crippen LogP contribution in [0.1, 0.15) is 56.1 Å². The first-order chi connectivity index (χ1) is 9.68. The molecule has 1 aliphatic heterocycles. The van der Waals surface area contributed by atoms with Gasteiger partial charge >= 0.3 is 5.97 Å². The van der Waals surface area contributed by atoms with Crippen LogP contribution in [0.4, 0.5) is 0 Å². The van der Waals surface area contributed by atoms with Crippen LogP contribution in [0, 0.1) is 24.7 Å². The van der Waals surface area contributed by atoms with Crippen molar-refractivity contribution in [3.05, 3.63) is 28.8 Å². The predicted octanol–water partition coefficient (Wildman–Crippen LogP) is 4.32. The third-order valence-electron chi connectivity index (χ3n) is 5.17. The molecule has 2 atom stereocenters. The van der Waals surface area contributed by atoms with E-state index in [0.717, 1.165) is 23.3 Å². The molecule has 0 aliphatic carbocycles. The van der Waals surface area contributed by atoms with Crippen molar-refractivity contribution in [2.45, 2.75) is 53.6 Å². The molecule has 3 heteroatoms. The van der Waals surface area contributed by atoms with Gasteiger partial charge in [0.05, 0.1) is 5.56 Å². The van der Waals surface area contributed by atoms with Gasteiger partial charge in [-0.1, -0.05) is 33.8 Å². The highest BCUT2D eigenvalue weighted by Gasteiger charge is 2.45. The number of carboxylic acids is 1. The van der Waals surface area contributed by atoms with Crippen LogP contribution in [0.3, 0.4) is 0 Å². The van der Waals surface area contributed by atoms with Crippen LogP contribution < -0.4 is 4.74 Å². The average molecular weight is 290 g/mol. The Balaban J connectivity index is 2.56. The second-order valence-electron chi connectivity index (χ2n) is 7.03. The van der Waals surface area contributed by atoms with E-state index in [2.05, 4.69) is 34.6 Å². The van der Waals surface area contributed by atoms with Crippen molar-refractivity contribution >= 4 is 5.97 Å². The van der Waals surface area contributed by atoms with Gasteiger partial charge in [-0.3, -0.25) is 0 Å². The fraction of sp³-hybridized carbons (Fsp3) is 0.611. The molecule has 21 heavy (non-hydrogen) atoms. The van der Waals surface area contributed by atoms with E-state index in [0.29, 0.717) is 23.3 Å². The van der Waals surface area contributed by atoms with Gasteiger partial charge < -0.3 is 9.84 Å². The summed E-state index contributed by atoms with van der Waals surface area (Å²) in [5, 5.41) is 9.29. The quantitative estimate of drug-likeness (QED) is 0.902. The number of rotatable bonds is 3. The molecule has 1 aromatic rings. The number of carboxylic acid groups (broad SMARTS) is 1. The minimum atomic E-state index is -0.892. The summed E-state index contributed by atoms with van der Waals surface area (Å²) < 4.78 is 6.41. The summed E-state index contributed by atoms with van der Waals surface area (Å²) in [6.45, 7) is 12.8. The Morgan fingerprint density at radius 3 is 2.43 bits per heavy atom. The molecule has 0 amide bonds. The number of hydrogen-bond donors (Lipinski definition) is 1. The van der Waals surface area contributed by atoms with Crippen molar-refractivity contribution in [3.8, 4) is 5.75 Å². The van der Waals surface area contributed by atoms with Crippen molar-refractivity contribution in [2.75, 3.05) is 0 Å². The van der Waals surface area contributed by atoms with Gasteiger partial charge in [-0.2, -0.15) is 0 Å². The first kappa shape index (κ1) is 15.9. The van der Waals surface area contributed by atoms with Crippen LogP contribution in [0.5, 0.6) is 5.75 Å². The van der Waals surface area contributed by atoms with Gasteiger partial charge in [0.1, 0.15) is 11.4 Å². The van der Waals surface area contributed by atoms with Gasteiger partial charge in [-0.05, 0) is 43.7 Å². The molecule has 1 aliphatic rings. The Hall–Kier alpha value is -1.51. The van der Waals surface area contributed by atoms with E-state index < -0.39 is 5.97 Å². The molecule has 2 unspecified atom stereocenters. The molecule has 0 saturated carbocycles. The molecular weight excluding hydrogens is 264 g/mol. The zero-order chi connectivity index (χ0) is 15.9. The molecule has 0 radical (unpaired) electrons. The smallest absolute Gasteiger partial charge is 0.336 e. The SMILES string of the molecule is Cc1c(C(=O)O)ccc2c1OC(C)(C(C)C)C(C(C)C)C2. The summed E-state index contributed by atoms with van der Waals surface area (Å²) in [6.07, 6.45) is 0.947. The average Bonchev–Trinajstić information content (AvgIpc) is 2.38. The van der Waals surface area contributed by atoms with Gasteiger partial charge in [0.2, 0.25) is 0 Å². The molecule has 1 N–H and O–H groups in total. The molecule has 0 aromatic heterocycles. The van der Waals surface area contributed by atoms with Crippen molar-refractivity contribution in [2.24, 2.45) is 17.8 Å². The van der Waals surface area contributed by atoms with Crippen LogP contribution in [-0.2, 0) is 6.42 Å². The first-order valence-electron chi connectivity index (χ1n) is 7.73. The minimum absolute atomic E-state index is 0.261. The lowest BCUT2D eigenvalue weighted by Crippen LogP contribution is -2.51. The molecule has 2 rings (SSSR count). The van der Waals surface area contributed by atoms with E-state index in [4.69, 9.17) is 4.74 Å². The number of fused-ring (bicyclic) bond motifs is 1. The molecule has 116 valence electrons. The van der Waals surface area contributed by atoms with Gasteiger partial charge in [-0.25, -0.2) is 4.79 Å². The van der Waals surface area contributed by atoms with Crippen LogP contribution in [-0.4, -0.2) is 16.7 Å². The highest BCUT2D eigenvalue weighted by molar-refractivity contribution is 5.90. The summed E-state index contributed by atoms with van der Waals surface area (Å²) in [5.74, 6) is 1.20. The Bertz CT molecular complexity index is 560. The first-order valence-corrected chi connectivity index (χ1v) is 7.73. The monoisotopic (exact) mass is 290 g/mol. The molecular formula is C18H26O3. The highest BCUT2D eigenvalue weighted by Crippen LogP contribution is 2.45. The van der Waals surface area contributed by atoms with Gasteiger partial charge in [0.15, 0.2) is 0 Å². The molecule has 1 heterocycles. The number of hydrogen-bond acceptors (Lipinski definition) is 2. The Morgan fingerprint density at radius 2 is 1.95 bits per heavy atom. The zero-order valence-corrected chi connectivity index (χ0v) is 13.9. The standard InChI is InChI=1S/C18H26O3/c1-10(2)15-9-13-7-8-14(17(19)20)12(5)16(13)21-18(15,6)11(3)4/h7-8,10-11,15H,9H2,1-6H3,(H,19,20). The summed E-state index contributed by atoms with van der Waals surface area (Å²) in [6, 6.07) is 3.62. The second kappa shape index (κ2) is 5.36. The van der Waals surface area contributed by atoms with Crippen molar-refractivity contribution in [1.82, 2.24) is 0 Å². The molecule has 0 fully saturated rings. The van der Waals surface area contributed by atoms with Gasteiger partial charge in [-0.15, -0.1) is 0 Å². The summed E-state index contributed by atoms with van der Waals surface area (Å²) in [4.78, 5) is 11.3. The number of aromatic carboxylic acids is 1. The van der Waals surface area contributed by atoms with E-state index in [-0.39, 0.29) is 5.60 Å². The fourth-order valence-corrected chi connectivity index (χ4v) is 3.46. The predicted molar refractivity (Wildman–Crippen MR) is 84.0 cm³/mol. The second-order valence-corrected chi connectivity index (χ2v) is 7.03. The number of carbonyl (C=O) groups is 1. The topological polar surface area (TPSA) is 46.5 Å². The molecule has 1 aromatic carbocycles. The maximum absolute atomic E-state index is 11.3. The normalized spacial score (nSPS) is 24.9. The van der Waals surface area contributed by atoms with Crippen LogP contribution in [0.25, 0.3) is 0 Å². The van der Waals surface area contributed by atoms with E-state index in [1.165, 1.54) is 0 Å². The lowest BCUT2D eigenvalue weighted by molar-refractivity contribution is -0.0489. The third-order valence-corrected chi connectivity index (χ3v) is 5.17. The van der Waals surface area contributed by atoms with Crippen LogP contribution in [0.2, 0.25) is 0 Å². The van der Waals surface area contributed by atoms with E-state index in [9.17, 15) is 9.90 Å². The van der Waals surface area contributed by atoms with Crippen molar-refractivity contribution in [3.63, 3.8) is 0 Å². The largest absolute Gasteiger partial charge is 0.486 e. The summed E-state index contributed by atoms with van der Waals surface area (Å²) in [5.41, 5.74) is 1.95. The maximum atomic E-state index is 11.3. The maximum Gasteiger partial charge on any atom is 0.336 e. The Kier molecular flexibility index (Phi) is 4.05.